The minimum Gasteiger partial charge on any atom is -0.447 e. The van der Waals surface area contributed by atoms with Gasteiger partial charge in [-0.15, -0.1) is 11.3 Å². The van der Waals surface area contributed by atoms with Crippen molar-refractivity contribution in [3.63, 3.8) is 0 Å². The van der Waals surface area contributed by atoms with Gasteiger partial charge in [0.05, 0.1) is 4.47 Å². The molecule has 5 heteroatoms. The summed E-state index contributed by atoms with van der Waals surface area (Å²) in [7, 11) is 0. The van der Waals surface area contributed by atoms with Gasteiger partial charge < -0.3 is 4.74 Å². The van der Waals surface area contributed by atoms with E-state index < -0.39 is 0 Å². The molecule has 110 valence electrons. The predicted octanol–water partition coefficient (Wildman–Crippen LogP) is 5.36. The van der Waals surface area contributed by atoms with Crippen LogP contribution in [0, 0.1) is 0 Å². The Balaban J connectivity index is 1.84. The number of fused-ring (bicyclic) bond motifs is 1. The number of halogens is 1. The fourth-order valence-corrected chi connectivity index (χ4v) is 4.77. The van der Waals surface area contributed by atoms with E-state index in [0.717, 1.165) is 25.1 Å². The molecule has 0 saturated carbocycles. The smallest absolute Gasteiger partial charge is 0.415 e. The first-order chi connectivity index (χ1) is 10.8. The van der Waals surface area contributed by atoms with Gasteiger partial charge in [0.25, 0.3) is 0 Å². The molecule has 22 heavy (non-hydrogen) atoms. The zero-order valence-electron chi connectivity index (χ0n) is 11.5. The maximum Gasteiger partial charge on any atom is 0.415 e. The summed E-state index contributed by atoms with van der Waals surface area (Å²) >= 11 is 5.25. The SMILES string of the molecule is O=C1OCC(c2ccccc2)N1c1sc2ccccc2c1Br. The second-order valence-electron chi connectivity index (χ2n) is 5.09. The van der Waals surface area contributed by atoms with Gasteiger partial charge in [0.1, 0.15) is 17.6 Å². The van der Waals surface area contributed by atoms with Gasteiger partial charge in [0, 0.05) is 10.1 Å². The molecule has 4 rings (SSSR count). The second-order valence-corrected chi connectivity index (χ2v) is 6.91. The van der Waals surface area contributed by atoms with Crippen LogP contribution in [0.2, 0.25) is 0 Å². The van der Waals surface area contributed by atoms with Crippen LogP contribution in [0.1, 0.15) is 11.6 Å². The van der Waals surface area contributed by atoms with E-state index in [0.29, 0.717) is 6.61 Å². The molecule has 1 fully saturated rings. The van der Waals surface area contributed by atoms with Crippen LogP contribution in [0.5, 0.6) is 0 Å². The van der Waals surface area contributed by atoms with Crippen molar-refractivity contribution in [3.05, 3.63) is 64.6 Å². The summed E-state index contributed by atoms with van der Waals surface area (Å²) in [5.74, 6) is 0. The number of amides is 1. The van der Waals surface area contributed by atoms with Crippen molar-refractivity contribution in [1.29, 1.82) is 0 Å². The van der Waals surface area contributed by atoms with Gasteiger partial charge in [0.15, 0.2) is 0 Å². The molecule has 1 amide bonds. The number of cyclic esters (lactones) is 1. The maximum absolute atomic E-state index is 12.3. The molecule has 1 aromatic heterocycles. The molecule has 0 spiro atoms. The predicted molar refractivity (Wildman–Crippen MR) is 92.5 cm³/mol. The lowest BCUT2D eigenvalue weighted by Gasteiger charge is -2.20. The van der Waals surface area contributed by atoms with Crippen LogP contribution in [0.25, 0.3) is 10.1 Å². The Morgan fingerprint density at radius 3 is 2.59 bits per heavy atom. The summed E-state index contributed by atoms with van der Waals surface area (Å²) in [5.41, 5.74) is 1.08. The number of nitrogens with zero attached hydrogens (tertiary/aromatic N) is 1. The van der Waals surface area contributed by atoms with Gasteiger partial charge in [-0.1, -0.05) is 48.5 Å². The largest absolute Gasteiger partial charge is 0.447 e. The van der Waals surface area contributed by atoms with Crippen molar-refractivity contribution in [2.45, 2.75) is 6.04 Å². The molecule has 3 nitrogen and oxygen atoms in total. The third-order valence-electron chi connectivity index (χ3n) is 3.79. The summed E-state index contributed by atoms with van der Waals surface area (Å²) in [6, 6.07) is 18.0. The topological polar surface area (TPSA) is 29.5 Å². The molecule has 1 aliphatic heterocycles. The standard InChI is InChI=1S/C17H12BrNO2S/c18-15-12-8-4-5-9-14(12)22-16(15)19-13(10-21-17(19)20)11-6-2-1-3-7-11/h1-9,13H,10H2. The highest BCUT2D eigenvalue weighted by molar-refractivity contribution is 9.10. The van der Waals surface area contributed by atoms with Gasteiger partial charge in [-0.3, -0.25) is 4.90 Å². The number of carbonyl (C=O) groups excluding carboxylic acids is 1. The molecular formula is C17H12BrNO2S. The van der Waals surface area contributed by atoms with Crippen LogP contribution in [0.15, 0.2) is 59.1 Å². The van der Waals surface area contributed by atoms with E-state index in [-0.39, 0.29) is 12.1 Å². The average Bonchev–Trinajstić information content (AvgIpc) is 3.09. The van der Waals surface area contributed by atoms with E-state index in [1.54, 1.807) is 16.2 Å². The number of hydrogen-bond donors (Lipinski definition) is 0. The van der Waals surface area contributed by atoms with Crippen molar-refractivity contribution in [3.8, 4) is 0 Å². The zero-order valence-corrected chi connectivity index (χ0v) is 13.9. The summed E-state index contributed by atoms with van der Waals surface area (Å²) in [6.07, 6.45) is -0.291. The van der Waals surface area contributed by atoms with Gasteiger partial charge in [-0.25, -0.2) is 4.79 Å². The summed E-state index contributed by atoms with van der Waals surface area (Å²) in [4.78, 5) is 14.0. The first kappa shape index (κ1) is 13.8. The highest BCUT2D eigenvalue weighted by Gasteiger charge is 2.37. The molecule has 3 aromatic rings. The third-order valence-corrected chi connectivity index (χ3v) is 6.03. The Labute approximate surface area is 140 Å². The first-order valence-electron chi connectivity index (χ1n) is 6.93. The number of anilines is 1. The number of hydrogen-bond acceptors (Lipinski definition) is 3. The van der Waals surface area contributed by atoms with Gasteiger partial charge in [-0.05, 0) is 27.6 Å². The molecule has 0 N–H and O–H groups in total. The quantitative estimate of drug-likeness (QED) is 0.604. The summed E-state index contributed by atoms with van der Waals surface area (Å²) in [6.45, 7) is 0.379. The van der Waals surface area contributed by atoms with Crippen molar-refractivity contribution in [1.82, 2.24) is 0 Å². The van der Waals surface area contributed by atoms with Crippen LogP contribution in [0.4, 0.5) is 9.80 Å². The molecule has 0 bridgehead atoms. The molecule has 1 saturated heterocycles. The fraction of sp³-hybridized carbons (Fsp3) is 0.118. The Morgan fingerprint density at radius 2 is 1.82 bits per heavy atom. The number of rotatable bonds is 2. The Bertz CT molecular complexity index is 846. The Morgan fingerprint density at radius 1 is 1.09 bits per heavy atom. The monoisotopic (exact) mass is 373 g/mol. The van der Waals surface area contributed by atoms with E-state index in [1.165, 1.54) is 0 Å². The van der Waals surface area contributed by atoms with Crippen molar-refractivity contribution in [2.75, 3.05) is 11.5 Å². The number of benzene rings is 2. The molecular weight excluding hydrogens is 362 g/mol. The minimum atomic E-state index is -0.291. The van der Waals surface area contributed by atoms with E-state index in [1.807, 2.05) is 42.5 Å². The third kappa shape index (κ3) is 2.12. The van der Waals surface area contributed by atoms with E-state index in [2.05, 4.69) is 28.1 Å². The molecule has 2 aromatic carbocycles. The molecule has 0 aliphatic carbocycles. The molecule has 0 radical (unpaired) electrons. The molecule has 1 unspecified atom stereocenters. The number of ether oxygens (including phenoxy) is 1. The lowest BCUT2D eigenvalue weighted by atomic mass is 10.1. The van der Waals surface area contributed by atoms with Crippen LogP contribution in [-0.2, 0) is 4.74 Å². The van der Waals surface area contributed by atoms with Gasteiger partial charge in [-0.2, -0.15) is 0 Å². The highest BCUT2D eigenvalue weighted by Crippen LogP contribution is 2.46. The number of thiophene rings is 1. The normalized spacial score (nSPS) is 18.0. The first-order valence-corrected chi connectivity index (χ1v) is 8.54. The Kier molecular flexibility index (Phi) is 3.39. The molecule has 1 aliphatic rings. The van der Waals surface area contributed by atoms with Crippen LogP contribution < -0.4 is 4.90 Å². The van der Waals surface area contributed by atoms with Gasteiger partial charge in [0.2, 0.25) is 0 Å². The minimum absolute atomic E-state index is 0.0851. The molecule has 2 heterocycles. The van der Waals surface area contributed by atoms with E-state index in [9.17, 15) is 4.79 Å². The lowest BCUT2D eigenvalue weighted by Crippen LogP contribution is -2.26. The lowest BCUT2D eigenvalue weighted by molar-refractivity contribution is 0.179. The van der Waals surface area contributed by atoms with Crippen molar-refractivity contribution < 1.29 is 9.53 Å². The van der Waals surface area contributed by atoms with Crippen molar-refractivity contribution in [2.24, 2.45) is 0 Å². The maximum atomic E-state index is 12.3. The van der Waals surface area contributed by atoms with Gasteiger partial charge >= 0.3 is 6.09 Å². The summed E-state index contributed by atoms with van der Waals surface area (Å²) < 4.78 is 7.41. The van der Waals surface area contributed by atoms with E-state index in [4.69, 9.17) is 4.74 Å². The van der Waals surface area contributed by atoms with Crippen LogP contribution in [-0.4, -0.2) is 12.7 Å². The van der Waals surface area contributed by atoms with E-state index >= 15 is 0 Å². The fourth-order valence-electron chi connectivity index (χ4n) is 2.72. The van der Waals surface area contributed by atoms with Crippen LogP contribution in [0.3, 0.4) is 0 Å². The van der Waals surface area contributed by atoms with Crippen LogP contribution >= 0.6 is 27.3 Å². The molecule has 1 atom stereocenters. The Hall–Kier alpha value is -1.85. The average molecular weight is 374 g/mol. The number of carbonyl (C=O) groups is 1. The second kappa shape index (κ2) is 5.41. The zero-order chi connectivity index (χ0) is 15.1. The highest BCUT2D eigenvalue weighted by atomic mass is 79.9. The van der Waals surface area contributed by atoms with Crippen molar-refractivity contribution >= 4 is 48.4 Å². The summed E-state index contributed by atoms with van der Waals surface area (Å²) in [5, 5.41) is 2.02.